The number of hydrogen-bond acceptors (Lipinski definition) is 6. The first kappa shape index (κ1) is 31.1. The summed E-state index contributed by atoms with van der Waals surface area (Å²) in [6, 6.07) is 25.7. The fraction of sp³-hybridized carbons (Fsp3) is 0.537. The van der Waals surface area contributed by atoms with Gasteiger partial charge in [0, 0.05) is 41.1 Å². The lowest BCUT2D eigenvalue weighted by Crippen LogP contribution is -2.69. The van der Waals surface area contributed by atoms with Crippen LogP contribution in [-0.2, 0) is 18.3 Å². The Morgan fingerprint density at radius 2 is 1.77 bits per heavy atom. The van der Waals surface area contributed by atoms with Gasteiger partial charge in [-0.25, -0.2) is 0 Å². The highest BCUT2D eigenvalue weighted by atomic mass is 16.5. The molecule has 6 nitrogen and oxygen atoms in total. The molecule has 8 rings (SSSR count). The Morgan fingerprint density at radius 1 is 1.00 bits per heavy atom. The van der Waals surface area contributed by atoms with Crippen LogP contribution in [-0.4, -0.2) is 78.3 Å². The highest BCUT2D eigenvalue weighted by Crippen LogP contribution is 2.64. The van der Waals surface area contributed by atoms with E-state index in [1.807, 2.05) is 30.3 Å². The van der Waals surface area contributed by atoms with E-state index in [1.54, 1.807) is 7.11 Å². The number of ketones is 1. The number of piperidine rings is 1. The van der Waals surface area contributed by atoms with Gasteiger partial charge in [0.05, 0.1) is 19.8 Å². The molecule has 0 aromatic heterocycles. The number of ether oxygens (including phenoxy) is 2. The lowest BCUT2D eigenvalue weighted by atomic mass is 9.51. The second-order valence-electron chi connectivity index (χ2n) is 15.0. The molecule has 6 heteroatoms. The van der Waals surface area contributed by atoms with Gasteiger partial charge in [0.2, 0.25) is 0 Å². The van der Waals surface area contributed by atoms with Crippen molar-refractivity contribution in [3.63, 3.8) is 0 Å². The third kappa shape index (κ3) is 5.70. The van der Waals surface area contributed by atoms with E-state index in [0.29, 0.717) is 24.4 Å². The van der Waals surface area contributed by atoms with Crippen molar-refractivity contribution in [3.05, 3.63) is 95.1 Å². The molecule has 2 unspecified atom stereocenters. The number of hydrogen-bond donors (Lipinski definition) is 1. The minimum atomic E-state index is -0.120. The van der Waals surface area contributed by atoms with Crippen molar-refractivity contribution in [1.82, 2.24) is 9.80 Å². The fourth-order valence-corrected chi connectivity index (χ4v) is 9.98. The molecule has 3 aromatic carbocycles. The van der Waals surface area contributed by atoms with Gasteiger partial charge in [-0.3, -0.25) is 14.6 Å². The molecule has 5 aliphatic rings. The lowest BCUT2D eigenvalue weighted by Gasteiger charge is -2.60. The maximum atomic E-state index is 13.8. The summed E-state index contributed by atoms with van der Waals surface area (Å²) in [7, 11) is 1.76. The van der Waals surface area contributed by atoms with Crippen molar-refractivity contribution in [2.45, 2.75) is 93.9 Å². The van der Waals surface area contributed by atoms with Crippen molar-refractivity contribution in [2.24, 2.45) is 11.8 Å². The Bertz CT molecular complexity index is 1560. The summed E-state index contributed by atoms with van der Waals surface area (Å²) in [6.45, 7) is 3.38. The van der Waals surface area contributed by atoms with Crippen molar-refractivity contribution in [1.29, 1.82) is 0 Å². The molecule has 3 aromatic rings. The van der Waals surface area contributed by atoms with Crippen LogP contribution in [0.3, 0.4) is 0 Å². The van der Waals surface area contributed by atoms with Crippen LogP contribution in [0.25, 0.3) is 0 Å². The Morgan fingerprint density at radius 3 is 2.53 bits per heavy atom. The average molecular weight is 635 g/mol. The highest BCUT2D eigenvalue weighted by Gasteiger charge is 2.66. The van der Waals surface area contributed by atoms with Crippen molar-refractivity contribution in [2.75, 3.05) is 33.3 Å². The van der Waals surface area contributed by atoms with Crippen LogP contribution in [0.2, 0.25) is 0 Å². The first-order chi connectivity index (χ1) is 23.1. The van der Waals surface area contributed by atoms with E-state index in [2.05, 4.69) is 52.3 Å². The average Bonchev–Trinajstić information content (AvgIpc) is 3.69. The van der Waals surface area contributed by atoms with Gasteiger partial charge in [-0.2, -0.15) is 0 Å². The first-order valence-corrected chi connectivity index (χ1v) is 18.2. The number of aliphatic hydroxyl groups excluding tert-OH is 1. The second kappa shape index (κ2) is 13.0. The summed E-state index contributed by atoms with van der Waals surface area (Å²) < 4.78 is 13.1. The minimum Gasteiger partial charge on any atom is -0.493 e. The molecule has 2 saturated carbocycles. The third-order valence-electron chi connectivity index (χ3n) is 12.4. The molecule has 1 N–H and O–H groups in total. The van der Waals surface area contributed by atoms with Crippen LogP contribution < -0.4 is 9.47 Å². The standard InChI is InChI=1S/C41H50N2O4/c1-46-37-20-17-30-24-34-32-18-19-33(40-41(32,38(30)39(37)47-40)21-23-43(34)26-31-25-35(31)44)42(27-36(45)29-15-9-5-10-16-29)22-11-3-2-6-12-28-13-7-4-8-14-28/h4-5,7-10,13-17,20,31-35,40,44H,2-3,6,11-12,18-19,21-27H2,1H3/t31?,32-,33-,34+,35?,40-,41-/m0/s1. The predicted molar refractivity (Wildman–Crippen MR) is 184 cm³/mol. The van der Waals surface area contributed by atoms with E-state index in [4.69, 9.17) is 9.47 Å². The topological polar surface area (TPSA) is 62.2 Å². The molecule has 2 bridgehead atoms. The summed E-state index contributed by atoms with van der Waals surface area (Å²) in [4.78, 5) is 19.0. The molecular formula is C41H50N2O4. The lowest BCUT2D eigenvalue weighted by molar-refractivity contribution is -0.0886. The summed E-state index contributed by atoms with van der Waals surface area (Å²) in [5.74, 6) is 2.95. The van der Waals surface area contributed by atoms with Crippen LogP contribution in [0.5, 0.6) is 11.5 Å². The Balaban J connectivity index is 1.05. The van der Waals surface area contributed by atoms with E-state index in [0.717, 1.165) is 88.1 Å². The van der Waals surface area contributed by atoms with Crippen LogP contribution in [0.15, 0.2) is 72.8 Å². The number of carbonyl (C=O) groups excluding carboxylic acids is 1. The summed E-state index contributed by atoms with van der Waals surface area (Å²) in [5.41, 5.74) is 4.97. The zero-order valence-corrected chi connectivity index (χ0v) is 27.9. The molecule has 2 heterocycles. The molecule has 2 aliphatic heterocycles. The first-order valence-electron chi connectivity index (χ1n) is 18.2. The fourth-order valence-electron chi connectivity index (χ4n) is 9.98. The van der Waals surface area contributed by atoms with Gasteiger partial charge < -0.3 is 14.6 Å². The third-order valence-corrected chi connectivity index (χ3v) is 12.4. The Hall–Kier alpha value is -3.19. The molecule has 0 amide bonds. The number of Topliss-reactive ketones (excluding diaryl/α,β-unsaturated/α-hetero) is 1. The zero-order valence-electron chi connectivity index (χ0n) is 27.9. The summed E-state index contributed by atoms with van der Waals surface area (Å²) >= 11 is 0. The minimum absolute atomic E-state index is 0.00409. The second-order valence-corrected chi connectivity index (χ2v) is 15.0. The van der Waals surface area contributed by atoms with Crippen LogP contribution >= 0.6 is 0 Å². The zero-order chi connectivity index (χ0) is 32.0. The van der Waals surface area contributed by atoms with Gasteiger partial charge in [0.1, 0.15) is 6.10 Å². The van der Waals surface area contributed by atoms with Gasteiger partial charge in [-0.15, -0.1) is 0 Å². The Labute approximate surface area is 280 Å². The van der Waals surface area contributed by atoms with Crippen LogP contribution in [0.1, 0.15) is 78.4 Å². The quantitative estimate of drug-likeness (QED) is 0.162. The maximum absolute atomic E-state index is 13.8. The van der Waals surface area contributed by atoms with Crippen LogP contribution in [0.4, 0.5) is 0 Å². The number of unbranched alkanes of at least 4 members (excludes halogenated alkanes) is 3. The number of nitrogens with zero attached hydrogens (tertiary/aromatic N) is 2. The molecule has 47 heavy (non-hydrogen) atoms. The maximum Gasteiger partial charge on any atom is 0.176 e. The summed E-state index contributed by atoms with van der Waals surface area (Å²) in [5, 5.41) is 10.2. The molecule has 7 atom stereocenters. The van der Waals surface area contributed by atoms with E-state index < -0.39 is 0 Å². The van der Waals surface area contributed by atoms with E-state index in [1.165, 1.54) is 29.5 Å². The van der Waals surface area contributed by atoms with Crippen molar-refractivity contribution in [3.8, 4) is 11.5 Å². The normalized spacial score (nSPS) is 30.1. The molecule has 0 radical (unpaired) electrons. The number of aryl methyl sites for hydroxylation is 1. The van der Waals surface area contributed by atoms with Gasteiger partial charge in [0.15, 0.2) is 17.3 Å². The number of rotatable bonds is 14. The van der Waals surface area contributed by atoms with Crippen molar-refractivity contribution < 1.29 is 19.4 Å². The van der Waals surface area contributed by atoms with E-state index >= 15 is 0 Å². The summed E-state index contributed by atoms with van der Waals surface area (Å²) in [6.07, 6.45) is 10.9. The molecule has 3 aliphatic carbocycles. The van der Waals surface area contributed by atoms with Gasteiger partial charge in [-0.1, -0.05) is 79.6 Å². The molecule has 3 fully saturated rings. The predicted octanol–water partition coefficient (Wildman–Crippen LogP) is 6.47. The van der Waals surface area contributed by atoms with E-state index in [-0.39, 0.29) is 29.4 Å². The van der Waals surface area contributed by atoms with E-state index in [9.17, 15) is 9.90 Å². The van der Waals surface area contributed by atoms with Gasteiger partial charge >= 0.3 is 0 Å². The smallest absolute Gasteiger partial charge is 0.176 e. The molecule has 248 valence electrons. The SMILES string of the molecule is COc1ccc2c3c1O[C@H]1[C@@H](N(CCCCCCc4ccccc4)CC(=O)c4ccccc4)CC[C@H]4[C@@H](C2)N(CC2CC2O)CC[C@@]341. The van der Waals surface area contributed by atoms with Crippen LogP contribution in [0, 0.1) is 11.8 Å². The highest BCUT2D eigenvalue weighted by molar-refractivity contribution is 5.97. The largest absolute Gasteiger partial charge is 0.493 e. The number of likely N-dealkylation sites (tertiary alicyclic amines) is 1. The monoisotopic (exact) mass is 634 g/mol. The molecule has 1 saturated heterocycles. The van der Waals surface area contributed by atoms with Crippen molar-refractivity contribution >= 4 is 5.78 Å². The Kier molecular flexibility index (Phi) is 8.62. The number of methoxy groups -OCH3 is 1. The molecule has 1 spiro atoms. The van der Waals surface area contributed by atoms with Gasteiger partial charge in [0.25, 0.3) is 0 Å². The number of carbonyl (C=O) groups is 1. The molecular weight excluding hydrogens is 584 g/mol. The number of benzene rings is 3. The van der Waals surface area contributed by atoms with Gasteiger partial charge in [-0.05, 0) is 87.6 Å². The number of aliphatic hydroxyl groups is 1.